The molecule has 0 fully saturated rings. The molecule has 2 atom stereocenters. The minimum absolute atomic E-state index is 0.00922. The number of sulfonamides is 1. The largest absolute Gasteiger partial charge is 0.493 e. The van der Waals surface area contributed by atoms with E-state index in [0.29, 0.717) is 23.3 Å². The predicted octanol–water partition coefficient (Wildman–Crippen LogP) is 3.64. The Hall–Kier alpha value is -3.30. The first-order chi connectivity index (χ1) is 16.2. The molecule has 0 saturated heterocycles. The zero-order valence-electron chi connectivity index (χ0n) is 18.7. The Labute approximate surface area is 197 Å². The molecule has 7 nitrogen and oxygen atoms in total. The molecule has 2 heterocycles. The molecule has 34 heavy (non-hydrogen) atoms. The normalized spacial score (nSPS) is 17.7. The maximum Gasteiger partial charge on any atom is 0.265 e. The zero-order chi connectivity index (χ0) is 24.5. The Morgan fingerprint density at radius 3 is 2.71 bits per heavy atom. The fourth-order valence-electron chi connectivity index (χ4n) is 3.83. The smallest absolute Gasteiger partial charge is 0.265 e. The molecule has 1 amide bonds. The lowest BCUT2D eigenvalue weighted by Crippen LogP contribution is -2.36. The molecule has 0 unspecified atom stereocenters. The number of aliphatic hydroxyl groups excluding tert-OH is 1. The van der Waals surface area contributed by atoms with Crippen molar-refractivity contribution in [2.45, 2.75) is 31.6 Å². The van der Waals surface area contributed by atoms with Gasteiger partial charge >= 0.3 is 0 Å². The molecular formula is C25H25FN2O5S. The summed E-state index contributed by atoms with van der Waals surface area (Å²) in [5.74, 6) is -1.19. The monoisotopic (exact) mass is 484 g/mol. The van der Waals surface area contributed by atoms with Crippen LogP contribution in [0.2, 0.25) is 0 Å². The number of amides is 1. The number of carbonyl (C=O) groups excluding carboxylic acids is 1. The molecular weight excluding hydrogens is 459 g/mol. The van der Waals surface area contributed by atoms with Crippen molar-refractivity contribution >= 4 is 15.9 Å². The van der Waals surface area contributed by atoms with Crippen LogP contribution in [-0.2, 0) is 16.4 Å². The number of fused-ring (bicyclic) bond motifs is 1. The molecule has 0 aliphatic carbocycles. The van der Waals surface area contributed by atoms with E-state index in [9.17, 15) is 22.7 Å². The highest BCUT2D eigenvalue weighted by atomic mass is 32.2. The number of ether oxygens (including phenoxy) is 1. The van der Waals surface area contributed by atoms with Gasteiger partial charge in [0.05, 0.1) is 18.0 Å². The van der Waals surface area contributed by atoms with Gasteiger partial charge in [0, 0.05) is 28.9 Å². The number of benzene rings is 2. The molecule has 1 aromatic heterocycles. The lowest BCUT2D eigenvalue weighted by atomic mass is 9.88. The summed E-state index contributed by atoms with van der Waals surface area (Å²) in [4.78, 5) is 17.0. The molecule has 1 aliphatic rings. The van der Waals surface area contributed by atoms with Crippen LogP contribution < -0.4 is 9.46 Å². The fraction of sp³-hybridized carbons (Fsp3) is 0.280. The van der Waals surface area contributed by atoms with Crippen molar-refractivity contribution < 1.29 is 27.4 Å². The number of nitrogens with zero attached hydrogens (tertiary/aromatic N) is 1. The second-order valence-electron chi connectivity index (χ2n) is 8.51. The van der Waals surface area contributed by atoms with Gasteiger partial charge in [-0.15, -0.1) is 0 Å². The van der Waals surface area contributed by atoms with Gasteiger partial charge < -0.3 is 9.84 Å². The molecule has 0 radical (unpaired) electrons. The van der Waals surface area contributed by atoms with Crippen LogP contribution in [0.15, 0.2) is 60.8 Å². The lowest BCUT2D eigenvalue weighted by molar-refractivity contribution is 0.0503. The van der Waals surface area contributed by atoms with Gasteiger partial charge in [0.15, 0.2) is 0 Å². The van der Waals surface area contributed by atoms with E-state index in [2.05, 4.69) is 4.98 Å². The number of hydrogen-bond acceptors (Lipinski definition) is 6. The van der Waals surface area contributed by atoms with Gasteiger partial charge in [0.2, 0.25) is 10.0 Å². The first kappa shape index (κ1) is 23.8. The molecule has 0 bridgehead atoms. The van der Waals surface area contributed by atoms with Crippen LogP contribution in [0.4, 0.5) is 4.39 Å². The Balaban J connectivity index is 1.63. The van der Waals surface area contributed by atoms with E-state index in [1.807, 2.05) is 22.9 Å². The summed E-state index contributed by atoms with van der Waals surface area (Å²) in [6.45, 7) is 3.17. The summed E-state index contributed by atoms with van der Waals surface area (Å²) in [6, 6.07) is 14.1. The summed E-state index contributed by atoms with van der Waals surface area (Å²) in [5.41, 5.74) is 2.12. The third-order valence-electron chi connectivity index (χ3n) is 5.82. The summed E-state index contributed by atoms with van der Waals surface area (Å²) in [5, 5.41) is 10.1. The second-order valence-corrected chi connectivity index (χ2v) is 10.7. The molecule has 2 N–H and O–H groups in total. The van der Waals surface area contributed by atoms with Gasteiger partial charge in [-0.05, 0) is 67.8 Å². The number of carbonyl (C=O) groups is 1. The molecule has 178 valence electrons. The minimum Gasteiger partial charge on any atom is -0.493 e. The van der Waals surface area contributed by atoms with Crippen LogP contribution in [0.1, 0.15) is 41.6 Å². The minimum atomic E-state index is -3.86. The van der Waals surface area contributed by atoms with Crippen LogP contribution in [0.3, 0.4) is 0 Å². The Kier molecular flexibility index (Phi) is 6.67. The topological polar surface area (TPSA) is 106 Å². The van der Waals surface area contributed by atoms with E-state index in [0.717, 1.165) is 11.8 Å². The third kappa shape index (κ3) is 4.95. The number of halogens is 1. The number of rotatable bonds is 6. The van der Waals surface area contributed by atoms with Crippen LogP contribution in [0.25, 0.3) is 11.1 Å². The summed E-state index contributed by atoms with van der Waals surface area (Å²) in [6.07, 6.45) is 1.46. The van der Waals surface area contributed by atoms with Gasteiger partial charge in [-0.1, -0.05) is 18.2 Å². The van der Waals surface area contributed by atoms with Gasteiger partial charge in [-0.2, -0.15) is 0 Å². The highest BCUT2D eigenvalue weighted by Crippen LogP contribution is 2.39. The van der Waals surface area contributed by atoms with Gasteiger partial charge in [0.25, 0.3) is 5.91 Å². The van der Waals surface area contributed by atoms with Gasteiger partial charge in [-0.3, -0.25) is 9.78 Å². The Morgan fingerprint density at radius 2 is 2.00 bits per heavy atom. The van der Waals surface area contributed by atoms with Crippen LogP contribution in [0, 0.1) is 11.7 Å². The van der Waals surface area contributed by atoms with E-state index >= 15 is 0 Å². The number of nitrogens with one attached hydrogen (secondary N) is 1. The average Bonchev–Trinajstić information content (AvgIpc) is 2.81. The van der Waals surface area contributed by atoms with Crippen molar-refractivity contribution in [1.29, 1.82) is 0 Å². The van der Waals surface area contributed by atoms with Crippen LogP contribution >= 0.6 is 0 Å². The molecule has 0 spiro atoms. The maximum atomic E-state index is 14.1. The van der Waals surface area contributed by atoms with Crippen LogP contribution in [-0.4, -0.2) is 36.3 Å². The number of hydrogen-bond donors (Lipinski definition) is 2. The summed E-state index contributed by atoms with van der Waals surface area (Å²) in [7, 11) is -3.86. The number of aromatic nitrogens is 1. The second kappa shape index (κ2) is 9.52. The predicted molar refractivity (Wildman–Crippen MR) is 125 cm³/mol. The first-order valence-corrected chi connectivity index (χ1v) is 12.4. The summed E-state index contributed by atoms with van der Waals surface area (Å²) < 4.78 is 46.4. The first-order valence-electron chi connectivity index (χ1n) is 10.9. The van der Waals surface area contributed by atoms with E-state index < -0.39 is 33.1 Å². The standard InChI is InChI=1S/C25H25FN2O5S/c1-15(2)34(31,32)28-25(30)20-9-7-18(26)13-22(20)16-6-8-21-23(12-16)33-14-17(24(21)29)11-19-5-3-4-10-27-19/h3-10,12-13,15,17,24,29H,11,14H2,1-2H3,(H,28,30)/t17-,24+/m1/s1. The van der Waals surface area contributed by atoms with Crippen molar-refractivity contribution in [2.75, 3.05) is 6.61 Å². The van der Waals surface area contributed by atoms with Gasteiger partial charge in [0.1, 0.15) is 11.6 Å². The maximum absolute atomic E-state index is 14.1. The zero-order valence-corrected chi connectivity index (χ0v) is 19.5. The number of pyridine rings is 1. The highest BCUT2D eigenvalue weighted by Gasteiger charge is 2.30. The lowest BCUT2D eigenvalue weighted by Gasteiger charge is -2.30. The van der Waals surface area contributed by atoms with Crippen molar-refractivity contribution in [3.8, 4) is 16.9 Å². The average molecular weight is 485 g/mol. The van der Waals surface area contributed by atoms with Crippen molar-refractivity contribution in [1.82, 2.24) is 9.71 Å². The number of aliphatic hydroxyl groups is 1. The molecule has 2 aromatic carbocycles. The van der Waals surface area contributed by atoms with Gasteiger partial charge in [-0.25, -0.2) is 17.5 Å². The summed E-state index contributed by atoms with van der Waals surface area (Å²) >= 11 is 0. The van der Waals surface area contributed by atoms with E-state index in [4.69, 9.17) is 4.74 Å². The fourth-order valence-corrected chi connectivity index (χ4v) is 4.43. The molecule has 1 aliphatic heterocycles. The van der Waals surface area contributed by atoms with E-state index in [1.54, 1.807) is 24.4 Å². The Morgan fingerprint density at radius 1 is 1.21 bits per heavy atom. The SMILES string of the molecule is CC(C)S(=O)(=O)NC(=O)c1ccc(F)cc1-c1ccc2c(c1)OC[C@@H](Cc1ccccn1)[C@@H]2O. The van der Waals surface area contributed by atoms with E-state index in [-0.39, 0.29) is 23.7 Å². The van der Waals surface area contributed by atoms with Crippen molar-refractivity contribution in [2.24, 2.45) is 5.92 Å². The van der Waals surface area contributed by atoms with Crippen molar-refractivity contribution in [3.63, 3.8) is 0 Å². The van der Waals surface area contributed by atoms with Crippen LogP contribution in [0.5, 0.6) is 5.75 Å². The molecule has 3 aromatic rings. The molecule has 4 rings (SSSR count). The Bertz CT molecular complexity index is 1310. The molecule has 9 heteroatoms. The van der Waals surface area contributed by atoms with Crippen molar-refractivity contribution in [3.05, 3.63) is 83.4 Å². The highest BCUT2D eigenvalue weighted by molar-refractivity contribution is 7.90. The third-order valence-corrected chi connectivity index (χ3v) is 7.53. The van der Waals surface area contributed by atoms with E-state index in [1.165, 1.54) is 26.0 Å². The molecule has 0 saturated carbocycles. The quantitative estimate of drug-likeness (QED) is 0.554.